The first-order valence-corrected chi connectivity index (χ1v) is 3.89. The smallest absolute Gasteiger partial charge is 0.222 e. The monoisotopic (exact) mass is 165 g/mol. The number of nitrogens with zero attached hydrogens (tertiary/aromatic N) is 2. The molecule has 0 bridgehead atoms. The summed E-state index contributed by atoms with van der Waals surface area (Å²) in [6, 6.07) is 0. The van der Waals surface area contributed by atoms with Crippen LogP contribution in [0.25, 0.3) is 0 Å². The van der Waals surface area contributed by atoms with E-state index in [2.05, 4.69) is 20.6 Å². The summed E-state index contributed by atoms with van der Waals surface area (Å²) in [7, 11) is 0. The predicted octanol–water partition coefficient (Wildman–Crippen LogP) is 0.205. The Morgan fingerprint density at radius 2 is 2.00 bits per heavy atom. The number of rotatable bonds is 0. The zero-order valence-electron chi connectivity index (χ0n) is 6.89. The normalized spacial score (nSPS) is 14.4. The fraction of sp³-hybridized carbons (Fsp3) is 0.429. The highest BCUT2D eigenvalue weighted by atomic mass is 15.2. The highest BCUT2D eigenvalue weighted by Crippen LogP contribution is 2.24. The van der Waals surface area contributed by atoms with Crippen LogP contribution in [0.2, 0.25) is 0 Å². The van der Waals surface area contributed by atoms with Crippen molar-refractivity contribution in [3.63, 3.8) is 0 Å². The van der Waals surface area contributed by atoms with E-state index < -0.39 is 0 Å². The van der Waals surface area contributed by atoms with E-state index in [1.165, 1.54) is 0 Å². The Kier molecular flexibility index (Phi) is 1.49. The maximum atomic E-state index is 5.49. The van der Waals surface area contributed by atoms with E-state index in [-0.39, 0.29) is 0 Å². The summed E-state index contributed by atoms with van der Waals surface area (Å²) in [6.45, 7) is 3.70. The molecule has 1 aliphatic heterocycles. The van der Waals surface area contributed by atoms with Crippen molar-refractivity contribution >= 4 is 17.5 Å². The van der Waals surface area contributed by atoms with E-state index in [1.807, 2.05) is 6.92 Å². The van der Waals surface area contributed by atoms with Crippen molar-refractivity contribution in [1.29, 1.82) is 0 Å². The van der Waals surface area contributed by atoms with Crippen LogP contribution in [-0.2, 0) is 0 Å². The molecule has 0 aromatic carbocycles. The lowest BCUT2D eigenvalue weighted by Crippen LogP contribution is -2.23. The van der Waals surface area contributed by atoms with Crippen LogP contribution in [-0.4, -0.2) is 23.1 Å². The van der Waals surface area contributed by atoms with Crippen LogP contribution in [0.4, 0.5) is 17.5 Å². The number of nitrogens with one attached hydrogen (secondary N) is 2. The van der Waals surface area contributed by atoms with Crippen molar-refractivity contribution in [1.82, 2.24) is 9.97 Å². The van der Waals surface area contributed by atoms with Crippen LogP contribution in [0.3, 0.4) is 0 Å². The van der Waals surface area contributed by atoms with Gasteiger partial charge in [-0.15, -0.1) is 0 Å². The van der Waals surface area contributed by atoms with Gasteiger partial charge in [-0.2, -0.15) is 4.98 Å². The molecular formula is C7H11N5. The number of aromatic nitrogens is 2. The lowest BCUT2D eigenvalue weighted by atomic mass is 10.3. The molecule has 0 atom stereocenters. The minimum Gasteiger partial charge on any atom is -0.379 e. The first-order valence-electron chi connectivity index (χ1n) is 3.89. The average Bonchev–Trinajstić information content (AvgIpc) is 2.04. The molecule has 5 nitrogen and oxygen atoms in total. The van der Waals surface area contributed by atoms with Crippen LogP contribution in [0, 0.1) is 6.92 Å². The molecule has 1 aromatic heterocycles. The van der Waals surface area contributed by atoms with Gasteiger partial charge < -0.3 is 16.4 Å². The molecule has 0 amide bonds. The third-order valence-corrected chi connectivity index (χ3v) is 1.83. The van der Waals surface area contributed by atoms with Gasteiger partial charge in [-0.3, -0.25) is 0 Å². The van der Waals surface area contributed by atoms with Gasteiger partial charge in [-0.25, -0.2) is 4.98 Å². The standard InChI is InChI=1S/C7H11N5/c1-4-5-6(10-3-2-9-5)12-7(8)11-4/h9H,2-3H2,1H3,(H3,8,10,11,12). The molecule has 0 fully saturated rings. The SMILES string of the molecule is Cc1nc(N)nc2c1NCCN2. The summed E-state index contributed by atoms with van der Waals surface area (Å²) in [4.78, 5) is 8.12. The Morgan fingerprint density at radius 1 is 1.25 bits per heavy atom. The van der Waals surface area contributed by atoms with Gasteiger partial charge in [0.25, 0.3) is 0 Å². The number of nitrogens with two attached hydrogens (primary N) is 1. The van der Waals surface area contributed by atoms with Gasteiger partial charge in [0, 0.05) is 13.1 Å². The Balaban J connectivity index is 2.53. The van der Waals surface area contributed by atoms with Crippen molar-refractivity contribution in [3.8, 4) is 0 Å². The van der Waals surface area contributed by atoms with Gasteiger partial charge in [0.15, 0.2) is 5.82 Å². The fourth-order valence-corrected chi connectivity index (χ4v) is 1.30. The van der Waals surface area contributed by atoms with Crippen LogP contribution >= 0.6 is 0 Å². The molecule has 0 aliphatic carbocycles. The van der Waals surface area contributed by atoms with E-state index in [1.54, 1.807) is 0 Å². The van der Waals surface area contributed by atoms with Gasteiger partial charge in [-0.05, 0) is 6.92 Å². The Bertz CT molecular complexity index is 309. The molecule has 0 unspecified atom stereocenters. The van der Waals surface area contributed by atoms with Gasteiger partial charge in [0.05, 0.1) is 11.4 Å². The molecule has 0 saturated heterocycles. The maximum absolute atomic E-state index is 5.49. The molecule has 2 rings (SSSR count). The molecule has 1 aliphatic rings. The minimum atomic E-state index is 0.322. The third kappa shape index (κ3) is 1.03. The molecule has 1 aromatic rings. The van der Waals surface area contributed by atoms with Crippen LogP contribution in [0.1, 0.15) is 5.69 Å². The molecule has 0 radical (unpaired) electrons. The Labute approximate surface area is 70.4 Å². The second-order valence-electron chi connectivity index (χ2n) is 2.74. The van der Waals surface area contributed by atoms with E-state index in [9.17, 15) is 0 Å². The maximum Gasteiger partial charge on any atom is 0.222 e. The summed E-state index contributed by atoms with van der Waals surface area (Å²) >= 11 is 0. The van der Waals surface area contributed by atoms with Crippen LogP contribution in [0.5, 0.6) is 0 Å². The lowest BCUT2D eigenvalue weighted by molar-refractivity contribution is 0.986. The zero-order valence-corrected chi connectivity index (χ0v) is 6.89. The lowest BCUT2D eigenvalue weighted by Gasteiger charge is -2.19. The number of nitrogen functional groups attached to an aromatic ring is 1. The van der Waals surface area contributed by atoms with Crippen molar-refractivity contribution in [3.05, 3.63) is 5.69 Å². The molecule has 12 heavy (non-hydrogen) atoms. The molecule has 0 spiro atoms. The number of fused-ring (bicyclic) bond motifs is 1. The summed E-state index contributed by atoms with van der Waals surface area (Å²) in [5.41, 5.74) is 7.35. The van der Waals surface area contributed by atoms with Crippen molar-refractivity contribution in [2.75, 3.05) is 29.5 Å². The van der Waals surface area contributed by atoms with E-state index in [0.29, 0.717) is 5.95 Å². The van der Waals surface area contributed by atoms with Crippen LogP contribution < -0.4 is 16.4 Å². The van der Waals surface area contributed by atoms with Crippen LogP contribution in [0.15, 0.2) is 0 Å². The van der Waals surface area contributed by atoms with Gasteiger partial charge >= 0.3 is 0 Å². The topological polar surface area (TPSA) is 75.9 Å². The number of anilines is 3. The van der Waals surface area contributed by atoms with Gasteiger partial charge in [0.1, 0.15) is 0 Å². The summed E-state index contributed by atoms with van der Waals surface area (Å²) < 4.78 is 0. The molecule has 64 valence electrons. The minimum absolute atomic E-state index is 0.322. The van der Waals surface area contributed by atoms with E-state index in [0.717, 1.165) is 30.3 Å². The molecule has 2 heterocycles. The molecular weight excluding hydrogens is 154 g/mol. The van der Waals surface area contributed by atoms with Crippen molar-refractivity contribution < 1.29 is 0 Å². The second-order valence-corrected chi connectivity index (χ2v) is 2.74. The highest BCUT2D eigenvalue weighted by Gasteiger charge is 2.12. The van der Waals surface area contributed by atoms with E-state index in [4.69, 9.17) is 5.73 Å². The number of aryl methyl sites for hydroxylation is 1. The summed E-state index contributed by atoms with van der Waals surface area (Å²) in [5.74, 6) is 1.13. The number of hydrogen-bond acceptors (Lipinski definition) is 5. The molecule has 5 heteroatoms. The third-order valence-electron chi connectivity index (χ3n) is 1.83. The summed E-state index contributed by atoms with van der Waals surface area (Å²) in [5, 5.41) is 6.37. The summed E-state index contributed by atoms with van der Waals surface area (Å²) in [6.07, 6.45) is 0. The molecule has 4 N–H and O–H groups in total. The largest absolute Gasteiger partial charge is 0.379 e. The average molecular weight is 165 g/mol. The zero-order chi connectivity index (χ0) is 8.55. The first kappa shape index (κ1) is 7.15. The number of hydrogen-bond donors (Lipinski definition) is 3. The highest BCUT2D eigenvalue weighted by molar-refractivity contribution is 5.69. The predicted molar refractivity (Wildman–Crippen MR) is 48.2 cm³/mol. The van der Waals surface area contributed by atoms with E-state index >= 15 is 0 Å². The van der Waals surface area contributed by atoms with Gasteiger partial charge in [0.2, 0.25) is 5.95 Å². The second kappa shape index (κ2) is 2.51. The fourth-order valence-electron chi connectivity index (χ4n) is 1.30. The van der Waals surface area contributed by atoms with Crippen molar-refractivity contribution in [2.45, 2.75) is 6.92 Å². The van der Waals surface area contributed by atoms with Crippen molar-refractivity contribution in [2.24, 2.45) is 0 Å². The Hall–Kier alpha value is -1.52. The quantitative estimate of drug-likeness (QED) is 0.512. The Morgan fingerprint density at radius 3 is 2.83 bits per heavy atom. The first-order chi connectivity index (χ1) is 5.77. The molecule has 0 saturated carbocycles. The van der Waals surface area contributed by atoms with Gasteiger partial charge in [-0.1, -0.05) is 0 Å².